The third kappa shape index (κ3) is 6.59. The summed E-state index contributed by atoms with van der Waals surface area (Å²) in [4.78, 5) is 26.6. The van der Waals surface area contributed by atoms with Crippen molar-refractivity contribution < 1.29 is 14.3 Å². The molecule has 0 bridgehead atoms. The third-order valence-electron chi connectivity index (χ3n) is 6.67. The first-order valence-corrected chi connectivity index (χ1v) is 14.1. The fraction of sp³-hybridized carbons (Fsp3) is 0.433. The number of ether oxygens (including phenoxy) is 1. The summed E-state index contributed by atoms with van der Waals surface area (Å²) in [5.74, 6) is -0.479. The van der Waals surface area contributed by atoms with Gasteiger partial charge in [-0.15, -0.1) is 0 Å². The van der Waals surface area contributed by atoms with Crippen LogP contribution in [0.2, 0.25) is 10.0 Å². The number of nitrogens with zero attached hydrogens (tertiary/aromatic N) is 2. The topological polar surface area (TPSA) is 73.2 Å². The molecule has 0 aliphatic rings. The summed E-state index contributed by atoms with van der Waals surface area (Å²) in [6.45, 7) is 12.2. The zero-order valence-electron chi connectivity index (χ0n) is 23.0. The lowest BCUT2D eigenvalue weighted by atomic mass is 9.94. The van der Waals surface area contributed by atoms with Gasteiger partial charge in [0, 0.05) is 22.2 Å². The summed E-state index contributed by atoms with van der Waals surface area (Å²) in [5, 5.41) is 8.75. The maximum atomic E-state index is 13.5. The van der Waals surface area contributed by atoms with Gasteiger partial charge >= 0.3 is 5.97 Å². The zero-order chi connectivity index (χ0) is 28.0. The summed E-state index contributed by atoms with van der Waals surface area (Å²) in [6, 6.07) is 10.9. The number of nitrogens with one attached hydrogen (secondary N) is 1. The van der Waals surface area contributed by atoms with E-state index in [-0.39, 0.29) is 30.2 Å². The van der Waals surface area contributed by atoms with Crippen LogP contribution < -0.4 is 5.32 Å². The minimum Gasteiger partial charge on any atom is -0.462 e. The Labute approximate surface area is 235 Å². The number of hydrogen-bond donors (Lipinski definition) is 1. The number of carbonyl (C=O) groups excluding carboxylic acids is 2. The number of hydrogen-bond acceptors (Lipinski definition) is 4. The van der Waals surface area contributed by atoms with Crippen LogP contribution in [0.1, 0.15) is 98.2 Å². The predicted molar refractivity (Wildman–Crippen MR) is 155 cm³/mol. The number of aromatic nitrogens is 2. The Morgan fingerprint density at radius 2 is 1.82 bits per heavy atom. The highest BCUT2D eigenvalue weighted by molar-refractivity contribution is 6.35. The van der Waals surface area contributed by atoms with Gasteiger partial charge in [-0.3, -0.25) is 4.79 Å². The molecule has 1 amide bonds. The number of halogens is 2. The van der Waals surface area contributed by atoms with Gasteiger partial charge < -0.3 is 10.1 Å². The van der Waals surface area contributed by atoms with Crippen LogP contribution in [0.5, 0.6) is 0 Å². The van der Waals surface area contributed by atoms with Crippen LogP contribution in [0.3, 0.4) is 0 Å². The van der Waals surface area contributed by atoms with Crippen LogP contribution in [0, 0.1) is 6.92 Å². The van der Waals surface area contributed by atoms with Gasteiger partial charge in [0.1, 0.15) is 0 Å². The van der Waals surface area contributed by atoms with E-state index in [0.717, 1.165) is 31.2 Å². The van der Waals surface area contributed by atoms with E-state index in [0.29, 0.717) is 38.1 Å². The van der Waals surface area contributed by atoms with Crippen LogP contribution in [0.15, 0.2) is 36.4 Å². The number of benzene rings is 2. The first-order valence-electron chi connectivity index (χ1n) is 13.3. The predicted octanol–water partition coefficient (Wildman–Crippen LogP) is 8.15. The molecule has 2 aromatic carbocycles. The lowest BCUT2D eigenvalue weighted by molar-refractivity contribution is 0.0527. The van der Waals surface area contributed by atoms with Gasteiger partial charge in [-0.05, 0) is 62.4 Å². The minimum absolute atomic E-state index is 0.0509. The number of esters is 1. The monoisotopic (exact) mass is 557 g/mol. The molecule has 1 heterocycles. The Hall–Kier alpha value is -2.83. The molecule has 1 N–H and O–H groups in total. The zero-order valence-corrected chi connectivity index (χ0v) is 24.5. The summed E-state index contributed by atoms with van der Waals surface area (Å²) in [6.07, 6.45) is 3.81. The lowest BCUT2D eigenvalue weighted by Crippen LogP contribution is -2.35. The van der Waals surface area contributed by atoms with Crippen LogP contribution in [-0.2, 0) is 4.74 Å². The number of amides is 1. The second kappa shape index (κ2) is 13.3. The van der Waals surface area contributed by atoms with Gasteiger partial charge in [0.25, 0.3) is 5.91 Å². The molecule has 0 spiro atoms. The van der Waals surface area contributed by atoms with Crippen LogP contribution >= 0.6 is 23.2 Å². The Balaban J connectivity index is 2.26. The summed E-state index contributed by atoms with van der Waals surface area (Å²) in [7, 11) is 0. The summed E-state index contributed by atoms with van der Waals surface area (Å²) in [5.41, 5.74) is 4.10. The molecule has 6 nitrogen and oxygen atoms in total. The van der Waals surface area contributed by atoms with Crippen molar-refractivity contribution in [1.29, 1.82) is 0 Å². The van der Waals surface area contributed by atoms with E-state index in [2.05, 4.69) is 33.0 Å². The average molecular weight is 559 g/mol. The van der Waals surface area contributed by atoms with Gasteiger partial charge in [0.2, 0.25) is 0 Å². The number of carbonyl (C=O) groups is 2. The second-order valence-corrected chi connectivity index (χ2v) is 10.6. The van der Waals surface area contributed by atoms with Gasteiger partial charge in [-0.25, -0.2) is 9.48 Å². The van der Waals surface area contributed by atoms with Crippen LogP contribution in [0.4, 0.5) is 0 Å². The average Bonchev–Trinajstić information content (AvgIpc) is 3.22. The molecule has 0 saturated heterocycles. The van der Waals surface area contributed by atoms with E-state index in [4.69, 9.17) is 33.0 Å². The molecular weight excluding hydrogens is 521 g/mol. The van der Waals surface area contributed by atoms with Gasteiger partial charge in [-0.2, -0.15) is 5.10 Å². The molecule has 3 aromatic rings. The number of unbranched alkanes of at least 4 members (excludes halogenated alkanes) is 1. The van der Waals surface area contributed by atoms with Crippen molar-refractivity contribution in [3.05, 3.63) is 68.8 Å². The third-order valence-corrected chi connectivity index (χ3v) is 7.21. The molecule has 1 unspecified atom stereocenters. The number of rotatable bonds is 11. The normalized spacial score (nSPS) is 12.0. The Bertz CT molecular complexity index is 1300. The highest BCUT2D eigenvalue weighted by Gasteiger charge is 2.27. The maximum absolute atomic E-state index is 13.5. The molecule has 0 radical (unpaired) electrons. The highest BCUT2D eigenvalue weighted by atomic mass is 35.5. The molecule has 0 aliphatic heterocycles. The van der Waals surface area contributed by atoms with Gasteiger partial charge in [0.15, 0.2) is 5.69 Å². The van der Waals surface area contributed by atoms with Crippen molar-refractivity contribution in [2.75, 3.05) is 6.61 Å². The minimum atomic E-state index is -0.434. The van der Waals surface area contributed by atoms with E-state index in [1.165, 1.54) is 0 Å². The molecule has 0 saturated carbocycles. The van der Waals surface area contributed by atoms with E-state index in [9.17, 15) is 9.59 Å². The molecule has 1 aromatic heterocycles. The first-order chi connectivity index (χ1) is 18.1. The van der Waals surface area contributed by atoms with E-state index in [1.54, 1.807) is 29.8 Å². The molecule has 3 rings (SSSR count). The van der Waals surface area contributed by atoms with Crippen molar-refractivity contribution in [2.45, 2.75) is 79.2 Å². The summed E-state index contributed by atoms with van der Waals surface area (Å²) < 4.78 is 7.05. The van der Waals surface area contributed by atoms with E-state index >= 15 is 0 Å². The Morgan fingerprint density at radius 1 is 1.08 bits per heavy atom. The van der Waals surface area contributed by atoms with Gasteiger partial charge in [0.05, 0.1) is 28.6 Å². The second-order valence-electron chi connectivity index (χ2n) is 9.73. The molecule has 1 atom stereocenters. The first kappa shape index (κ1) is 29.7. The van der Waals surface area contributed by atoms with Crippen molar-refractivity contribution in [2.24, 2.45) is 0 Å². The van der Waals surface area contributed by atoms with Gasteiger partial charge in [-0.1, -0.05) is 75.9 Å². The van der Waals surface area contributed by atoms with Crippen LogP contribution in [0.25, 0.3) is 16.9 Å². The van der Waals surface area contributed by atoms with Crippen molar-refractivity contribution >= 4 is 35.1 Å². The van der Waals surface area contributed by atoms with Crippen molar-refractivity contribution in [3.63, 3.8) is 0 Å². The van der Waals surface area contributed by atoms with E-state index in [1.807, 2.05) is 25.1 Å². The molecular formula is C30H37Cl2N3O3. The van der Waals surface area contributed by atoms with Crippen molar-refractivity contribution in [3.8, 4) is 16.9 Å². The summed E-state index contributed by atoms with van der Waals surface area (Å²) >= 11 is 12.8. The lowest BCUT2D eigenvalue weighted by Gasteiger charge is -2.16. The van der Waals surface area contributed by atoms with E-state index < -0.39 is 5.97 Å². The Kier molecular flexibility index (Phi) is 10.4. The SMILES string of the molecule is CCCCC(CC)NC(=O)c1nn(-c2ccc(Cl)cc2Cl)c(-c2ccc(C(C)C)cc2C(=O)OCC)c1C. The fourth-order valence-corrected chi connectivity index (χ4v) is 4.93. The standard InChI is InChI=1S/C30H37Cl2N3O3/c1-7-10-11-22(8-2)33-29(36)27-19(6)28(35(34-27)26-15-13-21(31)17-25(26)32)23-14-12-20(18(4)5)16-24(23)30(37)38-9-3/h12-18,22H,7-11H2,1-6H3,(H,33,36). The Morgan fingerprint density at radius 3 is 2.42 bits per heavy atom. The maximum Gasteiger partial charge on any atom is 0.338 e. The largest absolute Gasteiger partial charge is 0.462 e. The molecule has 8 heteroatoms. The molecule has 38 heavy (non-hydrogen) atoms. The molecule has 204 valence electrons. The molecule has 0 aliphatic carbocycles. The molecule has 0 fully saturated rings. The highest BCUT2D eigenvalue weighted by Crippen LogP contribution is 2.36. The van der Waals surface area contributed by atoms with Crippen molar-refractivity contribution in [1.82, 2.24) is 15.1 Å². The smallest absolute Gasteiger partial charge is 0.338 e. The fourth-order valence-electron chi connectivity index (χ4n) is 4.44. The quantitative estimate of drug-likeness (QED) is 0.241. The van der Waals surface area contributed by atoms with Crippen LogP contribution in [-0.4, -0.2) is 34.3 Å².